The van der Waals surface area contributed by atoms with Crippen LogP contribution in [0.15, 0.2) is 4.47 Å². The van der Waals surface area contributed by atoms with Crippen LogP contribution in [-0.2, 0) is 13.0 Å². The number of hydrogen-bond donors (Lipinski definition) is 1. The minimum Gasteiger partial charge on any atom is -0.317 e. The summed E-state index contributed by atoms with van der Waals surface area (Å²) in [5, 5.41) is 8.20. The van der Waals surface area contributed by atoms with Gasteiger partial charge in [-0.05, 0) is 80.3 Å². The van der Waals surface area contributed by atoms with E-state index in [4.69, 9.17) is 0 Å². The molecular formula is C17H30BrN3. The van der Waals surface area contributed by atoms with Gasteiger partial charge in [0.1, 0.15) is 0 Å². The van der Waals surface area contributed by atoms with E-state index in [-0.39, 0.29) is 0 Å². The molecular weight excluding hydrogens is 326 g/mol. The summed E-state index contributed by atoms with van der Waals surface area (Å²) in [7, 11) is 2.12. The number of aromatic nitrogens is 2. The molecule has 0 amide bonds. The van der Waals surface area contributed by atoms with E-state index in [2.05, 4.69) is 65.8 Å². The minimum atomic E-state index is 0.646. The zero-order valence-corrected chi connectivity index (χ0v) is 15.7. The number of halogens is 1. The third kappa shape index (κ3) is 3.70. The standard InChI is InChI=1S/C17H30BrN3/c1-6-21-16(17(18)12(4)20-21)10-14-9-13(11(2)3)7-8-15(14)19-5/h11,13-15,19H,6-10H2,1-5H3. The predicted molar refractivity (Wildman–Crippen MR) is 92.6 cm³/mol. The van der Waals surface area contributed by atoms with E-state index in [9.17, 15) is 0 Å². The maximum absolute atomic E-state index is 4.65. The molecule has 0 bridgehead atoms. The first-order valence-electron chi connectivity index (χ1n) is 8.36. The second-order valence-corrected chi connectivity index (χ2v) is 7.63. The van der Waals surface area contributed by atoms with Crippen LogP contribution in [0.4, 0.5) is 0 Å². The van der Waals surface area contributed by atoms with E-state index in [1.807, 2.05) is 0 Å². The number of hydrogen-bond acceptors (Lipinski definition) is 2. The lowest BCUT2D eigenvalue weighted by Crippen LogP contribution is -2.41. The van der Waals surface area contributed by atoms with Crippen molar-refractivity contribution in [2.45, 2.75) is 66.0 Å². The van der Waals surface area contributed by atoms with Crippen molar-refractivity contribution < 1.29 is 0 Å². The molecule has 1 heterocycles. The van der Waals surface area contributed by atoms with Crippen molar-refractivity contribution in [3.63, 3.8) is 0 Å². The highest BCUT2D eigenvalue weighted by atomic mass is 79.9. The average molecular weight is 356 g/mol. The van der Waals surface area contributed by atoms with E-state index < -0.39 is 0 Å². The van der Waals surface area contributed by atoms with Gasteiger partial charge in [0.2, 0.25) is 0 Å². The fourth-order valence-electron chi connectivity index (χ4n) is 3.82. The predicted octanol–water partition coefficient (Wildman–Crippen LogP) is 4.18. The van der Waals surface area contributed by atoms with Crippen molar-refractivity contribution in [3.8, 4) is 0 Å². The Morgan fingerprint density at radius 2 is 2.10 bits per heavy atom. The van der Waals surface area contributed by atoms with E-state index in [1.165, 1.54) is 29.4 Å². The Hall–Kier alpha value is -0.350. The number of nitrogens with zero attached hydrogens (tertiary/aromatic N) is 2. The quantitative estimate of drug-likeness (QED) is 0.858. The average Bonchev–Trinajstić information content (AvgIpc) is 2.74. The lowest BCUT2D eigenvalue weighted by atomic mass is 9.72. The molecule has 1 saturated carbocycles. The monoisotopic (exact) mass is 355 g/mol. The van der Waals surface area contributed by atoms with Gasteiger partial charge in [0.05, 0.1) is 15.9 Å². The minimum absolute atomic E-state index is 0.646. The van der Waals surface area contributed by atoms with Gasteiger partial charge in [-0.15, -0.1) is 0 Å². The van der Waals surface area contributed by atoms with E-state index in [0.717, 1.165) is 30.5 Å². The van der Waals surface area contributed by atoms with Crippen LogP contribution in [0.1, 0.15) is 51.4 Å². The molecule has 2 rings (SSSR count). The van der Waals surface area contributed by atoms with Crippen molar-refractivity contribution in [1.82, 2.24) is 15.1 Å². The first-order valence-corrected chi connectivity index (χ1v) is 9.16. The smallest absolute Gasteiger partial charge is 0.0738 e. The number of rotatable bonds is 5. The SMILES string of the molecule is CCn1nc(C)c(Br)c1CC1CC(C(C)C)CCC1NC. The van der Waals surface area contributed by atoms with Crippen molar-refractivity contribution in [3.05, 3.63) is 15.9 Å². The van der Waals surface area contributed by atoms with Crippen LogP contribution in [0.5, 0.6) is 0 Å². The lowest BCUT2D eigenvalue weighted by molar-refractivity contribution is 0.171. The largest absolute Gasteiger partial charge is 0.317 e. The molecule has 1 N–H and O–H groups in total. The maximum atomic E-state index is 4.65. The zero-order chi connectivity index (χ0) is 15.6. The molecule has 1 aliphatic carbocycles. The van der Waals surface area contributed by atoms with Crippen LogP contribution in [0.3, 0.4) is 0 Å². The van der Waals surface area contributed by atoms with Crippen molar-refractivity contribution in [1.29, 1.82) is 0 Å². The normalized spacial score (nSPS) is 26.5. The van der Waals surface area contributed by atoms with Crippen LogP contribution >= 0.6 is 15.9 Å². The van der Waals surface area contributed by atoms with E-state index in [0.29, 0.717) is 12.0 Å². The molecule has 3 unspecified atom stereocenters. The molecule has 4 heteroatoms. The molecule has 3 atom stereocenters. The molecule has 0 radical (unpaired) electrons. The first kappa shape index (κ1) is 17.0. The summed E-state index contributed by atoms with van der Waals surface area (Å²) in [6.45, 7) is 9.96. The van der Waals surface area contributed by atoms with Crippen LogP contribution < -0.4 is 5.32 Å². The van der Waals surface area contributed by atoms with Gasteiger partial charge < -0.3 is 5.32 Å². The fraction of sp³-hybridized carbons (Fsp3) is 0.824. The van der Waals surface area contributed by atoms with Gasteiger partial charge in [0, 0.05) is 12.6 Å². The molecule has 120 valence electrons. The maximum Gasteiger partial charge on any atom is 0.0738 e. The first-order chi connectivity index (χ1) is 9.97. The van der Waals surface area contributed by atoms with Crippen molar-refractivity contribution in [2.24, 2.45) is 17.8 Å². The molecule has 21 heavy (non-hydrogen) atoms. The van der Waals surface area contributed by atoms with Crippen molar-refractivity contribution in [2.75, 3.05) is 7.05 Å². The summed E-state index contributed by atoms with van der Waals surface area (Å²) in [5.74, 6) is 2.39. The van der Waals surface area contributed by atoms with Crippen molar-refractivity contribution >= 4 is 15.9 Å². The lowest BCUT2D eigenvalue weighted by Gasteiger charge is -2.38. The van der Waals surface area contributed by atoms with Gasteiger partial charge in [-0.1, -0.05) is 13.8 Å². The molecule has 0 saturated heterocycles. The number of aryl methyl sites for hydroxylation is 2. The number of nitrogens with one attached hydrogen (secondary N) is 1. The van der Waals surface area contributed by atoms with Crippen LogP contribution in [0.2, 0.25) is 0 Å². The molecule has 1 aliphatic rings. The summed E-state index contributed by atoms with van der Waals surface area (Å²) < 4.78 is 3.39. The third-order valence-electron chi connectivity index (χ3n) is 5.24. The van der Waals surface area contributed by atoms with E-state index >= 15 is 0 Å². The van der Waals surface area contributed by atoms with Gasteiger partial charge in [0.25, 0.3) is 0 Å². The van der Waals surface area contributed by atoms with Gasteiger partial charge in [0.15, 0.2) is 0 Å². The fourth-order valence-corrected chi connectivity index (χ4v) is 4.27. The second kappa shape index (κ2) is 7.28. The second-order valence-electron chi connectivity index (χ2n) is 6.84. The molecule has 0 aromatic carbocycles. The molecule has 3 nitrogen and oxygen atoms in total. The Morgan fingerprint density at radius 3 is 2.67 bits per heavy atom. The highest BCUT2D eigenvalue weighted by Gasteiger charge is 2.32. The molecule has 0 aliphatic heterocycles. The zero-order valence-electron chi connectivity index (χ0n) is 14.1. The van der Waals surface area contributed by atoms with Gasteiger partial charge in [-0.2, -0.15) is 5.10 Å². The Labute approximate surface area is 138 Å². The van der Waals surface area contributed by atoms with Crippen LogP contribution in [0, 0.1) is 24.7 Å². The topological polar surface area (TPSA) is 29.9 Å². The summed E-state index contributed by atoms with van der Waals surface area (Å²) in [6.07, 6.45) is 5.14. The Kier molecular flexibility index (Phi) is 5.89. The Balaban J connectivity index is 2.18. The molecule has 1 aromatic heterocycles. The molecule has 1 aromatic rings. The van der Waals surface area contributed by atoms with Gasteiger partial charge in [-0.3, -0.25) is 4.68 Å². The Bertz CT molecular complexity index is 467. The summed E-state index contributed by atoms with van der Waals surface area (Å²) >= 11 is 3.75. The summed E-state index contributed by atoms with van der Waals surface area (Å²) in [4.78, 5) is 0. The molecule has 1 fully saturated rings. The van der Waals surface area contributed by atoms with Gasteiger partial charge >= 0.3 is 0 Å². The van der Waals surface area contributed by atoms with E-state index in [1.54, 1.807) is 0 Å². The molecule has 0 spiro atoms. The van der Waals surface area contributed by atoms with Gasteiger partial charge in [-0.25, -0.2) is 0 Å². The third-order valence-corrected chi connectivity index (χ3v) is 6.28. The summed E-state index contributed by atoms with van der Waals surface area (Å²) in [5.41, 5.74) is 2.49. The van der Waals surface area contributed by atoms with Crippen LogP contribution in [-0.4, -0.2) is 22.9 Å². The summed E-state index contributed by atoms with van der Waals surface area (Å²) in [6, 6.07) is 0.646. The highest BCUT2D eigenvalue weighted by molar-refractivity contribution is 9.10. The highest BCUT2D eigenvalue weighted by Crippen LogP contribution is 2.37. The Morgan fingerprint density at radius 1 is 1.38 bits per heavy atom. The van der Waals surface area contributed by atoms with Crippen LogP contribution in [0.25, 0.3) is 0 Å².